The minimum atomic E-state index is 0.564. The molecule has 0 aliphatic heterocycles. The van der Waals surface area contributed by atoms with Gasteiger partial charge in [0.15, 0.2) is 17.5 Å². The number of aromatic nitrogens is 6. The summed E-state index contributed by atoms with van der Waals surface area (Å²) >= 11 is 1.86. The van der Waals surface area contributed by atoms with Crippen molar-refractivity contribution in [2.45, 2.75) is 0 Å². The molecule has 0 aliphatic carbocycles. The molecule has 0 atom stereocenters. The van der Waals surface area contributed by atoms with Gasteiger partial charge in [-0.2, -0.15) is 0 Å². The zero-order valence-corrected chi connectivity index (χ0v) is 27.9. The third-order valence-electron chi connectivity index (χ3n) is 9.32. The molecule has 5 aromatic carbocycles. The van der Waals surface area contributed by atoms with Gasteiger partial charge >= 0.3 is 0 Å². The number of hydrogen-bond acceptors (Lipinski definition) is 7. The van der Waals surface area contributed by atoms with Crippen LogP contribution in [0.15, 0.2) is 158 Å². The monoisotopic (exact) mass is 670 g/mol. The fraction of sp³-hybridized carbons (Fsp3) is 0. The first-order chi connectivity index (χ1) is 25.3. The zero-order valence-electron chi connectivity index (χ0n) is 27.1. The SMILES string of the molecule is c1cncc(-c2nc(-c3ccc(-c4ccc(-c5nc6ccccc6c6c5ccc5c7ccccc7sc56)cc4)cc3)nc(-c3cccnc3)n2)c1. The van der Waals surface area contributed by atoms with Crippen LogP contribution in [-0.4, -0.2) is 29.9 Å². The molecule has 51 heavy (non-hydrogen) atoms. The van der Waals surface area contributed by atoms with Crippen LogP contribution < -0.4 is 0 Å². The van der Waals surface area contributed by atoms with E-state index in [1.807, 2.05) is 35.6 Å². The van der Waals surface area contributed by atoms with E-state index in [1.165, 1.54) is 36.3 Å². The molecule has 6 nitrogen and oxygen atoms in total. The summed E-state index contributed by atoms with van der Waals surface area (Å²) in [6.07, 6.45) is 7.01. The molecule has 0 N–H and O–H groups in total. The molecule has 0 unspecified atom stereocenters. The van der Waals surface area contributed by atoms with E-state index in [9.17, 15) is 0 Å². The van der Waals surface area contributed by atoms with Gasteiger partial charge in [-0.05, 0) is 47.5 Å². The number of fused-ring (bicyclic) bond motifs is 7. The zero-order chi connectivity index (χ0) is 33.7. The molecule has 0 bridgehead atoms. The second kappa shape index (κ2) is 12.0. The highest BCUT2D eigenvalue weighted by molar-refractivity contribution is 7.26. The Hall–Kier alpha value is -6.70. The van der Waals surface area contributed by atoms with E-state index >= 15 is 0 Å². The fourth-order valence-electron chi connectivity index (χ4n) is 6.82. The van der Waals surface area contributed by atoms with E-state index in [4.69, 9.17) is 19.9 Å². The number of nitrogens with zero attached hydrogens (tertiary/aromatic N) is 6. The van der Waals surface area contributed by atoms with Crippen molar-refractivity contribution < 1.29 is 0 Å². The molecule has 7 heteroatoms. The van der Waals surface area contributed by atoms with Gasteiger partial charge in [-0.1, -0.05) is 97.1 Å². The second-order valence-electron chi connectivity index (χ2n) is 12.4. The lowest BCUT2D eigenvalue weighted by Gasteiger charge is -2.12. The third kappa shape index (κ3) is 5.10. The normalized spacial score (nSPS) is 11.5. The fourth-order valence-corrected chi connectivity index (χ4v) is 8.09. The van der Waals surface area contributed by atoms with Gasteiger partial charge in [-0.25, -0.2) is 19.9 Å². The van der Waals surface area contributed by atoms with E-state index in [2.05, 4.69) is 119 Å². The van der Waals surface area contributed by atoms with E-state index in [0.29, 0.717) is 17.5 Å². The van der Waals surface area contributed by atoms with Crippen LogP contribution in [0.2, 0.25) is 0 Å². The minimum Gasteiger partial charge on any atom is -0.264 e. The molecule has 0 saturated heterocycles. The van der Waals surface area contributed by atoms with Crippen molar-refractivity contribution in [3.63, 3.8) is 0 Å². The Morgan fingerprint density at radius 1 is 0.373 bits per heavy atom. The summed E-state index contributed by atoms with van der Waals surface area (Å²) in [5, 5.41) is 6.21. The lowest BCUT2D eigenvalue weighted by atomic mass is 9.96. The van der Waals surface area contributed by atoms with Crippen LogP contribution >= 0.6 is 11.3 Å². The Kier molecular flexibility index (Phi) is 6.89. The first-order valence-corrected chi connectivity index (χ1v) is 17.5. The first-order valence-electron chi connectivity index (χ1n) is 16.7. The van der Waals surface area contributed by atoms with Gasteiger partial charge in [0, 0.05) is 83.4 Å². The lowest BCUT2D eigenvalue weighted by Crippen LogP contribution is -2.00. The average Bonchev–Trinajstić information content (AvgIpc) is 3.60. The van der Waals surface area contributed by atoms with Crippen LogP contribution in [0.25, 0.3) is 98.4 Å². The molecule has 5 aromatic heterocycles. The van der Waals surface area contributed by atoms with E-state index in [1.54, 1.807) is 24.8 Å². The maximum absolute atomic E-state index is 5.22. The third-order valence-corrected chi connectivity index (χ3v) is 10.5. The predicted octanol–water partition coefficient (Wildman–Crippen LogP) is 11.1. The number of hydrogen-bond donors (Lipinski definition) is 0. The van der Waals surface area contributed by atoms with E-state index < -0.39 is 0 Å². The van der Waals surface area contributed by atoms with Gasteiger partial charge < -0.3 is 0 Å². The highest BCUT2D eigenvalue weighted by Crippen LogP contribution is 2.43. The summed E-state index contributed by atoms with van der Waals surface area (Å²) in [5.74, 6) is 1.72. The topological polar surface area (TPSA) is 77.3 Å². The van der Waals surface area contributed by atoms with Crippen molar-refractivity contribution in [3.8, 4) is 56.5 Å². The summed E-state index contributed by atoms with van der Waals surface area (Å²) in [4.78, 5) is 28.2. The number of pyridine rings is 3. The average molecular weight is 671 g/mol. The highest BCUT2D eigenvalue weighted by atomic mass is 32.1. The van der Waals surface area contributed by atoms with Crippen LogP contribution in [0.1, 0.15) is 0 Å². The van der Waals surface area contributed by atoms with Crippen LogP contribution in [0, 0.1) is 0 Å². The quantitative estimate of drug-likeness (QED) is 0.170. The van der Waals surface area contributed by atoms with Crippen molar-refractivity contribution >= 4 is 53.2 Å². The van der Waals surface area contributed by atoms with Gasteiger partial charge in [0.25, 0.3) is 0 Å². The Balaban J connectivity index is 1.03. The predicted molar refractivity (Wildman–Crippen MR) is 208 cm³/mol. The molecular weight excluding hydrogens is 645 g/mol. The molecule has 0 saturated carbocycles. The summed E-state index contributed by atoms with van der Waals surface area (Å²) < 4.78 is 2.61. The Morgan fingerprint density at radius 3 is 1.57 bits per heavy atom. The van der Waals surface area contributed by atoms with Crippen LogP contribution in [-0.2, 0) is 0 Å². The largest absolute Gasteiger partial charge is 0.264 e. The summed E-state index contributed by atoms with van der Waals surface area (Å²) in [6.45, 7) is 0. The Labute approximate surface area is 296 Å². The molecule has 10 aromatic rings. The Morgan fingerprint density at radius 2 is 0.922 bits per heavy atom. The molecule has 10 rings (SSSR count). The maximum atomic E-state index is 5.22. The minimum absolute atomic E-state index is 0.564. The molecule has 5 heterocycles. The van der Waals surface area contributed by atoms with Gasteiger partial charge in [-0.15, -0.1) is 11.3 Å². The molecule has 0 spiro atoms. The summed E-state index contributed by atoms with van der Waals surface area (Å²) in [5.41, 5.74) is 7.84. The molecular formula is C44H26N6S. The molecule has 0 fully saturated rings. The summed E-state index contributed by atoms with van der Waals surface area (Å²) in [6, 6.07) is 46.4. The van der Waals surface area contributed by atoms with Gasteiger partial charge in [0.1, 0.15) is 0 Å². The van der Waals surface area contributed by atoms with Gasteiger partial charge in [0.2, 0.25) is 0 Å². The van der Waals surface area contributed by atoms with Crippen LogP contribution in [0.3, 0.4) is 0 Å². The highest BCUT2D eigenvalue weighted by Gasteiger charge is 2.17. The lowest BCUT2D eigenvalue weighted by molar-refractivity contribution is 1.07. The van der Waals surface area contributed by atoms with E-state index in [-0.39, 0.29) is 0 Å². The van der Waals surface area contributed by atoms with Crippen LogP contribution in [0.5, 0.6) is 0 Å². The number of para-hydroxylation sites is 1. The van der Waals surface area contributed by atoms with Crippen molar-refractivity contribution in [2.24, 2.45) is 0 Å². The van der Waals surface area contributed by atoms with Crippen molar-refractivity contribution in [1.29, 1.82) is 0 Å². The van der Waals surface area contributed by atoms with Crippen LogP contribution in [0.4, 0.5) is 0 Å². The van der Waals surface area contributed by atoms with Crippen molar-refractivity contribution in [2.75, 3.05) is 0 Å². The summed E-state index contributed by atoms with van der Waals surface area (Å²) in [7, 11) is 0. The van der Waals surface area contributed by atoms with Crippen molar-refractivity contribution in [3.05, 3.63) is 158 Å². The van der Waals surface area contributed by atoms with E-state index in [0.717, 1.165) is 44.6 Å². The maximum Gasteiger partial charge on any atom is 0.165 e. The molecule has 0 radical (unpaired) electrons. The Bertz CT molecular complexity index is 2830. The van der Waals surface area contributed by atoms with Gasteiger partial charge in [-0.3, -0.25) is 9.97 Å². The number of benzene rings is 5. The second-order valence-corrected chi connectivity index (χ2v) is 13.4. The molecule has 0 amide bonds. The van der Waals surface area contributed by atoms with Crippen molar-refractivity contribution in [1.82, 2.24) is 29.9 Å². The first kappa shape index (κ1) is 29.2. The molecule has 0 aliphatic rings. The number of thiophene rings is 1. The smallest absolute Gasteiger partial charge is 0.165 e. The standard InChI is InChI=1S/C44H26N6S/c1-3-11-37-35(10-1)39-36(22-21-34-33-9-2-4-12-38(33)51-41(34)39)40(47-37)29-17-13-27(14-18-29)28-15-19-30(20-16-28)42-48-43(31-7-5-23-45-25-31)50-44(49-42)32-8-6-24-46-26-32/h1-26H. The van der Waals surface area contributed by atoms with Gasteiger partial charge in [0.05, 0.1) is 11.2 Å². The number of rotatable bonds is 5. The molecule has 238 valence electrons.